The minimum Gasteiger partial charge on any atom is -0.350 e. The third kappa shape index (κ3) is 2.80. The highest BCUT2D eigenvalue weighted by Crippen LogP contribution is 2.27. The summed E-state index contributed by atoms with van der Waals surface area (Å²) in [6.45, 7) is 10.2. The van der Waals surface area contributed by atoms with Crippen LogP contribution in [0.3, 0.4) is 0 Å². The van der Waals surface area contributed by atoms with Gasteiger partial charge in [-0.1, -0.05) is 6.92 Å². The summed E-state index contributed by atoms with van der Waals surface area (Å²) in [5, 5.41) is 6.46. The summed E-state index contributed by atoms with van der Waals surface area (Å²) in [6, 6.07) is 0.364. The third-order valence-corrected chi connectivity index (χ3v) is 4.16. The second kappa shape index (κ2) is 4.94. The number of carbonyl (C=O) groups excluding carboxylic acids is 1. The van der Waals surface area contributed by atoms with Gasteiger partial charge in [-0.15, -0.1) is 0 Å². The summed E-state index contributed by atoms with van der Waals surface area (Å²) < 4.78 is 0. The molecule has 1 amide bonds. The van der Waals surface area contributed by atoms with E-state index in [-0.39, 0.29) is 5.91 Å². The van der Waals surface area contributed by atoms with Crippen molar-refractivity contribution in [3.63, 3.8) is 0 Å². The Kier molecular flexibility index (Phi) is 3.73. The van der Waals surface area contributed by atoms with Gasteiger partial charge in [0.2, 0.25) is 5.91 Å². The fourth-order valence-corrected chi connectivity index (χ4v) is 3.00. The maximum Gasteiger partial charge on any atom is 0.239 e. The molecule has 3 heterocycles. The van der Waals surface area contributed by atoms with Gasteiger partial charge < -0.3 is 15.5 Å². The predicted molar refractivity (Wildman–Crippen MR) is 68.9 cm³/mol. The van der Waals surface area contributed by atoms with Gasteiger partial charge in [0, 0.05) is 12.6 Å². The highest BCUT2D eigenvalue weighted by Gasteiger charge is 2.37. The third-order valence-electron chi connectivity index (χ3n) is 4.16. The van der Waals surface area contributed by atoms with Crippen LogP contribution < -0.4 is 10.6 Å². The minimum absolute atomic E-state index is 0.137. The molecule has 0 spiro atoms. The van der Waals surface area contributed by atoms with Crippen LogP contribution in [0.25, 0.3) is 0 Å². The Morgan fingerprint density at radius 2 is 2.00 bits per heavy atom. The quantitative estimate of drug-likeness (QED) is 0.754. The van der Waals surface area contributed by atoms with Crippen LogP contribution in [0.1, 0.15) is 33.6 Å². The van der Waals surface area contributed by atoms with Crippen LogP contribution in [0, 0.1) is 5.92 Å². The summed E-state index contributed by atoms with van der Waals surface area (Å²) in [5.74, 6) is 0.833. The van der Waals surface area contributed by atoms with Crippen molar-refractivity contribution < 1.29 is 4.79 Å². The molecule has 2 bridgehead atoms. The van der Waals surface area contributed by atoms with Crippen LogP contribution in [0.5, 0.6) is 0 Å². The van der Waals surface area contributed by atoms with Crippen LogP contribution in [-0.2, 0) is 4.79 Å². The molecule has 98 valence electrons. The number of hydrogen-bond donors (Lipinski definition) is 2. The van der Waals surface area contributed by atoms with Crippen LogP contribution in [0.15, 0.2) is 0 Å². The van der Waals surface area contributed by atoms with Crippen LogP contribution in [0.4, 0.5) is 0 Å². The number of rotatable bonds is 4. The second-order valence-electron chi connectivity index (χ2n) is 5.87. The van der Waals surface area contributed by atoms with E-state index in [1.807, 2.05) is 20.8 Å². The maximum absolute atomic E-state index is 12.2. The van der Waals surface area contributed by atoms with Gasteiger partial charge in [-0.3, -0.25) is 4.79 Å². The summed E-state index contributed by atoms with van der Waals surface area (Å²) in [5.41, 5.74) is -0.458. The van der Waals surface area contributed by atoms with Crippen molar-refractivity contribution in [2.24, 2.45) is 5.92 Å². The lowest BCUT2D eigenvalue weighted by Gasteiger charge is -2.45. The number of piperidine rings is 3. The van der Waals surface area contributed by atoms with E-state index >= 15 is 0 Å². The molecule has 0 aliphatic carbocycles. The molecule has 3 fully saturated rings. The Balaban J connectivity index is 1.90. The average Bonchev–Trinajstić information content (AvgIpc) is 2.30. The second-order valence-corrected chi connectivity index (χ2v) is 5.87. The number of hydrogen-bond acceptors (Lipinski definition) is 3. The van der Waals surface area contributed by atoms with Gasteiger partial charge in [0.1, 0.15) is 0 Å². The molecule has 3 aliphatic heterocycles. The van der Waals surface area contributed by atoms with Gasteiger partial charge >= 0.3 is 0 Å². The van der Waals surface area contributed by atoms with Gasteiger partial charge in [0.25, 0.3) is 0 Å². The molecule has 3 rings (SSSR count). The lowest BCUT2D eigenvalue weighted by Crippen LogP contribution is -2.62. The molecule has 4 nitrogen and oxygen atoms in total. The predicted octanol–water partition coefficient (Wildman–Crippen LogP) is 0.585. The first-order valence-electron chi connectivity index (χ1n) is 6.81. The van der Waals surface area contributed by atoms with Crippen molar-refractivity contribution >= 4 is 5.91 Å². The van der Waals surface area contributed by atoms with E-state index < -0.39 is 5.54 Å². The van der Waals surface area contributed by atoms with E-state index in [0.717, 1.165) is 13.1 Å². The molecule has 3 aliphatic rings. The Morgan fingerprint density at radius 3 is 2.47 bits per heavy atom. The molecule has 1 atom stereocenters. The standard InChI is InChI=1S/C13H25N3O/c1-4-14-13(2,3)12(17)15-11-9-16-7-5-10(11)6-8-16/h10-11,14H,4-9H2,1-3H3,(H,15,17). The smallest absolute Gasteiger partial charge is 0.239 e. The Morgan fingerprint density at radius 1 is 1.35 bits per heavy atom. The van der Waals surface area contributed by atoms with Crippen molar-refractivity contribution in [1.29, 1.82) is 0 Å². The molecular formula is C13H25N3O. The summed E-state index contributed by atoms with van der Waals surface area (Å²) in [4.78, 5) is 14.7. The number of carbonyl (C=O) groups is 1. The Labute approximate surface area is 104 Å². The van der Waals surface area contributed by atoms with Crippen molar-refractivity contribution in [1.82, 2.24) is 15.5 Å². The van der Waals surface area contributed by atoms with Gasteiger partial charge in [0.05, 0.1) is 5.54 Å². The molecule has 2 N–H and O–H groups in total. The van der Waals surface area contributed by atoms with E-state index in [1.165, 1.54) is 25.9 Å². The summed E-state index contributed by atoms with van der Waals surface area (Å²) in [6.07, 6.45) is 2.49. The molecule has 1 unspecified atom stereocenters. The van der Waals surface area contributed by atoms with E-state index in [9.17, 15) is 4.79 Å². The average molecular weight is 239 g/mol. The zero-order valence-electron chi connectivity index (χ0n) is 11.3. The number of nitrogens with zero attached hydrogens (tertiary/aromatic N) is 1. The van der Waals surface area contributed by atoms with Gasteiger partial charge in [0.15, 0.2) is 0 Å². The molecule has 0 aromatic carbocycles. The number of nitrogens with one attached hydrogen (secondary N) is 2. The highest BCUT2D eigenvalue weighted by molar-refractivity contribution is 5.85. The van der Waals surface area contributed by atoms with Crippen LogP contribution in [-0.4, -0.2) is 48.6 Å². The fraction of sp³-hybridized carbons (Fsp3) is 0.923. The first kappa shape index (κ1) is 12.8. The first-order chi connectivity index (χ1) is 8.03. The number of likely N-dealkylation sites (N-methyl/N-ethyl adjacent to an activating group) is 1. The number of amides is 1. The summed E-state index contributed by atoms with van der Waals surface area (Å²) in [7, 11) is 0. The molecule has 4 heteroatoms. The molecule has 0 aromatic rings. The lowest BCUT2D eigenvalue weighted by molar-refractivity contribution is -0.128. The zero-order valence-corrected chi connectivity index (χ0v) is 11.3. The molecule has 0 aromatic heterocycles. The SMILES string of the molecule is CCNC(C)(C)C(=O)NC1CN2CCC1CC2. The van der Waals surface area contributed by atoms with Crippen molar-refractivity contribution in [2.45, 2.75) is 45.2 Å². The van der Waals surface area contributed by atoms with Crippen molar-refractivity contribution in [3.05, 3.63) is 0 Å². The molecular weight excluding hydrogens is 214 g/mol. The fourth-order valence-electron chi connectivity index (χ4n) is 3.00. The van der Waals surface area contributed by atoms with Crippen molar-refractivity contribution in [2.75, 3.05) is 26.2 Å². The van der Waals surface area contributed by atoms with E-state index in [2.05, 4.69) is 15.5 Å². The normalized spacial score (nSPS) is 32.5. The monoisotopic (exact) mass is 239 g/mol. The first-order valence-corrected chi connectivity index (χ1v) is 6.81. The lowest BCUT2D eigenvalue weighted by atomic mass is 9.83. The van der Waals surface area contributed by atoms with Gasteiger partial charge in [-0.05, 0) is 52.2 Å². The maximum atomic E-state index is 12.2. The van der Waals surface area contributed by atoms with E-state index in [1.54, 1.807) is 0 Å². The minimum atomic E-state index is -0.458. The highest BCUT2D eigenvalue weighted by atomic mass is 16.2. The van der Waals surface area contributed by atoms with Crippen LogP contribution in [0.2, 0.25) is 0 Å². The van der Waals surface area contributed by atoms with Gasteiger partial charge in [-0.2, -0.15) is 0 Å². The molecule has 3 saturated heterocycles. The topological polar surface area (TPSA) is 44.4 Å². The molecule has 17 heavy (non-hydrogen) atoms. The molecule has 0 radical (unpaired) electrons. The van der Waals surface area contributed by atoms with E-state index in [4.69, 9.17) is 0 Å². The van der Waals surface area contributed by atoms with Crippen molar-refractivity contribution in [3.8, 4) is 0 Å². The van der Waals surface area contributed by atoms with E-state index in [0.29, 0.717) is 12.0 Å². The number of fused-ring (bicyclic) bond motifs is 3. The summed E-state index contributed by atoms with van der Waals surface area (Å²) >= 11 is 0. The molecule has 0 saturated carbocycles. The Hall–Kier alpha value is -0.610. The van der Waals surface area contributed by atoms with Gasteiger partial charge in [-0.25, -0.2) is 0 Å². The van der Waals surface area contributed by atoms with Crippen LogP contribution >= 0.6 is 0 Å². The zero-order chi connectivity index (χ0) is 12.5. The Bertz CT molecular complexity index is 282. The largest absolute Gasteiger partial charge is 0.350 e.